The molecule has 6 nitrogen and oxygen atoms in total. The Bertz CT molecular complexity index is 749. The smallest absolute Gasteiger partial charge is 0.267 e. The molecule has 2 aromatic rings. The lowest BCUT2D eigenvalue weighted by molar-refractivity contribution is -0.135. The lowest BCUT2D eigenvalue weighted by Gasteiger charge is -2.21. The molecule has 25 heavy (non-hydrogen) atoms. The summed E-state index contributed by atoms with van der Waals surface area (Å²) >= 11 is 0. The first-order valence-electron chi connectivity index (χ1n) is 7.76. The molecule has 1 amide bonds. The molecule has 0 aliphatic carbocycles. The number of hydrogen-bond donors (Lipinski definition) is 0. The molecule has 0 saturated carbocycles. The number of carbonyl (C=O) groups is 1. The average Bonchev–Trinajstić information content (AvgIpc) is 3.17. The summed E-state index contributed by atoms with van der Waals surface area (Å²) in [4.78, 5) is 17.4. The second kappa shape index (κ2) is 6.73. The number of alkyl halides is 2. The fourth-order valence-corrected chi connectivity index (χ4v) is 2.60. The van der Waals surface area contributed by atoms with E-state index >= 15 is 0 Å². The molecule has 1 aromatic carbocycles. The molecule has 1 aromatic heterocycles. The second-order valence-electron chi connectivity index (χ2n) is 5.74. The van der Waals surface area contributed by atoms with Crippen LogP contribution in [0.15, 0.2) is 28.8 Å². The molecule has 2 heterocycles. The molecule has 134 valence electrons. The zero-order chi connectivity index (χ0) is 18.0. The van der Waals surface area contributed by atoms with Crippen molar-refractivity contribution in [2.45, 2.75) is 31.7 Å². The van der Waals surface area contributed by atoms with Crippen LogP contribution in [0.3, 0.4) is 0 Å². The minimum absolute atomic E-state index is 0.0100. The zero-order valence-corrected chi connectivity index (χ0v) is 13.4. The summed E-state index contributed by atoms with van der Waals surface area (Å²) in [6.45, 7) is 0.609. The third-order valence-corrected chi connectivity index (χ3v) is 3.85. The van der Waals surface area contributed by atoms with Gasteiger partial charge < -0.3 is 14.2 Å². The van der Waals surface area contributed by atoms with Crippen molar-refractivity contribution in [3.8, 4) is 5.75 Å². The van der Waals surface area contributed by atoms with Gasteiger partial charge in [-0.3, -0.25) is 4.79 Å². The molecule has 0 N–H and O–H groups in total. The van der Waals surface area contributed by atoms with Crippen LogP contribution in [0.25, 0.3) is 0 Å². The maximum Gasteiger partial charge on any atom is 0.267 e. The highest BCUT2D eigenvalue weighted by atomic mass is 19.3. The fourth-order valence-electron chi connectivity index (χ4n) is 2.60. The van der Waals surface area contributed by atoms with E-state index in [1.807, 2.05) is 0 Å². The van der Waals surface area contributed by atoms with Crippen LogP contribution >= 0.6 is 0 Å². The van der Waals surface area contributed by atoms with Gasteiger partial charge in [-0.05, 0) is 24.3 Å². The van der Waals surface area contributed by atoms with E-state index < -0.39 is 43.3 Å². The number of hydrogen-bond acceptors (Lipinski definition) is 5. The molecule has 1 aliphatic heterocycles. The first-order valence-corrected chi connectivity index (χ1v) is 7.76. The Balaban J connectivity index is 1.71. The fraction of sp³-hybridized carbons (Fsp3) is 0.438. The molecule has 3 rings (SSSR count). The Labute approximate surface area is 141 Å². The molecule has 1 atom stereocenters. The van der Waals surface area contributed by atoms with Crippen LogP contribution in [0.4, 0.5) is 13.2 Å². The topological polar surface area (TPSA) is 68.5 Å². The number of aromatic nitrogens is 2. The highest BCUT2D eigenvalue weighted by Gasteiger charge is 2.49. The molecule has 1 aliphatic rings. The quantitative estimate of drug-likeness (QED) is 0.825. The number of ether oxygens (including phenoxy) is 1. The van der Waals surface area contributed by atoms with Gasteiger partial charge in [0.15, 0.2) is 12.4 Å². The van der Waals surface area contributed by atoms with Gasteiger partial charge in [0.2, 0.25) is 5.89 Å². The van der Waals surface area contributed by atoms with Crippen LogP contribution in [0.2, 0.25) is 0 Å². The van der Waals surface area contributed by atoms with Gasteiger partial charge >= 0.3 is 0 Å². The van der Waals surface area contributed by atoms with E-state index in [4.69, 9.17) is 9.26 Å². The third kappa shape index (κ3) is 3.92. The van der Waals surface area contributed by atoms with Gasteiger partial charge in [0.25, 0.3) is 11.8 Å². The second-order valence-corrected chi connectivity index (χ2v) is 5.74. The first kappa shape index (κ1) is 17.2. The molecule has 1 fully saturated rings. The van der Waals surface area contributed by atoms with E-state index in [2.05, 4.69) is 10.1 Å². The number of halogens is 3. The van der Waals surface area contributed by atoms with Crippen molar-refractivity contribution in [3.63, 3.8) is 0 Å². The van der Waals surface area contributed by atoms with Crippen LogP contribution in [-0.2, 0) is 11.2 Å². The highest BCUT2D eigenvalue weighted by molar-refractivity contribution is 5.78. The molecular weight excluding hydrogens is 339 g/mol. The van der Waals surface area contributed by atoms with Gasteiger partial charge in [-0.2, -0.15) is 4.98 Å². The van der Waals surface area contributed by atoms with Gasteiger partial charge in [0, 0.05) is 12.8 Å². The van der Waals surface area contributed by atoms with Gasteiger partial charge in [0.05, 0.1) is 6.54 Å². The molecule has 1 saturated heterocycles. The molecule has 0 bridgehead atoms. The van der Waals surface area contributed by atoms with Crippen LogP contribution in [-0.4, -0.2) is 40.0 Å². The Kier molecular flexibility index (Phi) is 4.65. The summed E-state index contributed by atoms with van der Waals surface area (Å²) < 4.78 is 50.8. The normalized spacial score (nSPS) is 19.2. The lowest BCUT2D eigenvalue weighted by atomic mass is 10.2. The predicted octanol–water partition coefficient (Wildman–Crippen LogP) is 2.76. The predicted molar refractivity (Wildman–Crippen MR) is 79.6 cm³/mol. The van der Waals surface area contributed by atoms with E-state index in [0.29, 0.717) is 12.2 Å². The maximum absolute atomic E-state index is 13.8. The van der Waals surface area contributed by atoms with Crippen LogP contribution in [0.5, 0.6) is 5.75 Å². The van der Waals surface area contributed by atoms with Gasteiger partial charge in [0.1, 0.15) is 17.6 Å². The zero-order valence-electron chi connectivity index (χ0n) is 13.4. The van der Waals surface area contributed by atoms with Crippen molar-refractivity contribution >= 4 is 5.91 Å². The molecule has 0 radical (unpaired) electrons. The van der Waals surface area contributed by atoms with Crippen molar-refractivity contribution in [3.05, 3.63) is 41.8 Å². The van der Waals surface area contributed by atoms with Crippen LogP contribution in [0.1, 0.15) is 31.1 Å². The Hall–Kier alpha value is -2.58. The summed E-state index contributed by atoms with van der Waals surface area (Å²) in [6.07, 6.45) is -0.0884. The number of aryl methyl sites for hydroxylation is 1. The SMILES string of the molecule is CCc1noc([C@@H]2CC(F)(F)CN2C(=O)COc2ccc(F)cc2)n1. The molecule has 0 unspecified atom stereocenters. The molecule has 9 heteroatoms. The summed E-state index contributed by atoms with van der Waals surface area (Å²) in [5, 5.41) is 3.69. The summed E-state index contributed by atoms with van der Waals surface area (Å²) in [5.41, 5.74) is 0. The number of amides is 1. The minimum Gasteiger partial charge on any atom is -0.484 e. The summed E-state index contributed by atoms with van der Waals surface area (Å²) in [5.74, 6) is -3.48. The summed E-state index contributed by atoms with van der Waals surface area (Å²) in [6, 6.07) is 4.07. The summed E-state index contributed by atoms with van der Waals surface area (Å²) in [7, 11) is 0. The van der Waals surface area contributed by atoms with E-state index in [0.717, 1.165) is 4.90 Å². The lowest BCUT2D eigenvalue weighted by Crippen LogP contribution is -2.36. The standard InChI is InChI=1S/C16H16F3N3O3/c1-2-13-20-15(25-21-13)12-7-16(18,19)9-22(12)14(23)8-24-11-5-3-10(17)4-6-11/h3-6,12H,2,7-9H2,1H3/t12-/m0/s1. The monoisotopic (exact) mass is 355 g/mol. The third-order valence-electron chi connectivity index (χ3n) is 3.85. The van der Waals surface area contributed by atoms with E-state index in [-0.39, 0.29) is 11.6 Å². The largest absolute Gasteiger partial charge is 0.484 e. The van der Waals surface area contributed by atoms with E-state index in [9.17, 15) is 18.0 Å². The molecular formula is C16H16F3N3O3. The van der Waals surface area contributed by atoms with Crippen molar-refractivity contribution in [1.29, 1.82) is 0 Å². The number of benzene rings is 1. The minimum atomic E-state index is -3.04. The van der Waals surface area contributed by atoms with Gasteiger partial charge in [-0.25, -0.2) is 13.2 Å². The number of carbonyl (C=O) groups excluding carboxylic acids is 1. The van der Waals surface area contributed by atoms with E-state index in [1.54, 1.807) is 6.92 Å². The Morgan fingerprint density at radius 3 is 2.76 bits per heavy atom. The number of likely N-dealkylation sites (tertiary alicyclic amines) is 1. The van der Waals surface area contributed by atoms with Crippen LogP contribution in [0, 0.1) is 5.82 Å². The van der Waals surface area contributed by atoms with Crippen molar-refractivity contribution in [1.82, 2.24) is 15.0 Å². The van der Waals surface area contributed by atoms with Gasteiger partial charge in [-0.15, -0.1) is 0 Å². The maximum atomic E-state index is 13.8. The van der Waals surface area contributed by atoms with Crippen LogP contribution < -0.4 is 4.74 Å². The Morgan fingerprint density at radius 2 is 2.12 bits per heavy atom. The van der Waals surface area contributed by atoms with Crippen molar-refractivity contribution in [2.24, 2.45) is 0 Å². The van der Waals surface area contributed by atoms with E-state index in [1.165, 1.54) is 24.3 Å². The van der Waals surface area contributed by atoms with Crippen molar-refractivity contribution < 1.29 is 27.2 Å². The highest BCUT2D eigenvalue weighted by Crippen LogP contribution is 2.40. The number of nitrogens with zero attached hydrogens (tertiary/aromatic N) is 3. The molecule has 0 spiro atoms. The van der Waals surface area contributed by atoms with Gasteiger partial charge in [-0.1, -0.05) is 12.1 Å². The van der Waals surface area contributed by atoms with Crippen molar-refractivity contribution in [2.75, 3.05) is 13.2 Å². The number of rotatable bonds is 5. The first-order chi connectivity index (χ1) is 11.9. The average molecular weight is 355 g/mol. The Morgan fingerprint density at radius 1 is 1.40 bits per heavy atom.